The molecule has 0 bridgehead atoms. The van der Waals surface area contributed by atoms with Gasteiger partial charge in [-0.3, -0.25) is 0 Å². The molecule has 10 rings (SSSR count). The molecular formula is C51H40N2. The van der Waals surface area contributed by atoms with Crippen LogP contribution in [0.15, 0.2) is 194 Å². The second-order valence-electron chi connectivity index (χ2n) is 14.7. The molecule has 0 heterocycles. The molecule has 7 aromatic rings. The molecule has 0 radical (unpaired) electrons. The minimum Gasteiger partial charge on any atom is -0.311 e. The Morgan fingerprint density at radius 2 is 0.830 bits per heavy atom. The number of allylic oxidation sites excluding steroid dienone is 4. The first-order valence-corrected chi connectivity index (χ1v) is 18.7. The lowest BCUT2D eigenvalue weighted by atomic mass is 9.65. The van der Waals surface area contributed by atoms with Gasteiger partial charge >= 0.3 is 0 Å². The van der Waals surface area contributed by atoms with E-state index in [2.05, 4.69) is 218 Å². The molecule has 1 spiro atoms. The van der Waals surface area contributed by atoms with Crippen molar-refractivity contribution in [2.75, 3.05) is 9.80 Å². The Hall–Kier alpha value is -6.38. The molecular weight excluding hydrogens is 641 g/mol. The van der Waals surface area contributed by atoms with Crippen molar-refractivity contribution >= 4 is 34.1 Å². The zero-order valence-corrected chi connectivity index (χ0v) is 30.0. The monoisotopic (exact) mass is 680 g/mol. The molecule has 2 unspecified atom stereocenters. The van der Waals surface area contributed by atoms with Gasteiger partial charge in [0.2, 0.25) is 0 Å². The zero-order chi connectivity index (χ0) is 35.5. The highest BCUT2D eigenvalue weighted by molar-refractivity contribution is 5.88. The number of fused-ring (bicyclic) bond motifs is 10. The Balaban J connectivity index is 1.16. The smallest absolute Gasteiger partial charge is 0.0538 e. The molecule has 254 valence electrons. The van der Waals surface area contributed by atoms with Crippen LogP contribution in [0.5, 0.6) is 0 Å². The molecule has 0 N–H and O–H groups in total. The van der Waals surface area contributed by atoms with E-state index in [0.717, 1.165) is 34.1 Å². The lowest BCUT2D eigenvalue weighted by molar-refractivity contribution is 0.465. The highest BCUT2D eigenvalue weighted by Crippen LogP contribution is 2.66. The first kappa shape index (κ1) is 31.4. The number of benzene rings is 7. The summed E-state index contributed by atoms with van der Waals surface area (Å²) in [6.07, 6.45) is 9.42. The van der Waals surface area contributed by atoms with Crippen LogP contribution in [-0.2, 0) is 5.41 Å². The minimum absolute atomic E-state index is 0.285. The highest BCUT2D eigenvalue weighted by Gasteiger charge is 2.57. The van der Waals surface area contributed by atoms with E-state index in [0.29, 0.717) is 5.92 Å². The summed E-state index contributed by atoms with van der Waals surface area (Å²) in [5, 5.41) is 0. The average molecular weight is 681 g/mol. The number of nitrogens with zero attached hydrogens (tertiary/aromatic N) is 2. The number of aryl methyl sites for hydroxylation is 2. The summed E-state index contributed by atoms with van der Waals surface area (Å²) in [6, 6.07) is 62.5. The van der Waals surface area contributed by atoms with Crippen LogP contribution in [0.1, 0.15) is 39.3 Å². The van der Waals surface area contributed by atoms with Gasteiger partial charge in [0.1, 0.15) is 0 Å². The summed E-state index contributed by atoms with van der Waals surface area (Å²) >= 11 is 0. The van der Waals surface area contributed by atoms with E-state index in [-0.39, 0.29) is 11.3 Å². The molecule has 0 saturated heterocycles. The number of rotatable bonds is 6. The molecule has 0 aromatic heterocycles. The maximum Gasteiger partial charge on any atom is 0.0538 e. The third-order valence-corrected chi connectivity index (χ3v) is 11.6. The minimum atomic E-state index is -0.294. The van der Waals surface area contributed by atoms with Gasteiger partial charge in [0.15, 0.2) is 0 Å². The van der Waals surface area contributed by atoms with Crippen molar-refractivity contribution in [1.82, 2.24) is 0 Å². The van der Waals surface area contributed by atoms with Crippen molar-refractivity contribution < 1.29 is 0 Å². The molecule has 2 atom stereocenters. The van der Waals surface area contributed by atoms with Crippen LogP contribution in [0.4, 0.5) is 34.1 Å². The summed E-state index contributed by atoms with van der Waals surface area (Å²) in [5.74, 6) is 0.586. The Labute approximate surface area is 312 Å². The molecule has 0 aliphatic heterocycles. The first-order valence-electron chi connectivity index (χ1n) is 18.7. The van der Waals surface area contributed by atoms with Gasteiger partial charge in [-0.05, 0) is 120 Å². The van der Waals surface area contributed by atoms with Crippen molar-refractivity contribution in [2.24, 2.45) is 5.92 Å². The van der Waals surface area contributed by atoms with E-state index >= 15 is 0 Å². The third kappa shape index (κ3) is 4.86. The van der Waals surface area contributed by atoms with E-state index in [1.54, 1.807) is 0 Å². The fourth-order valence-corrected chi connectivity index (χ4v) is 9.42. The van der Waals surface area contributed by atoms with Crippen molar-refractivity contribution in [2.45, 2.75) is 25.2 Å². The highest BCUT2D eigenvalue weighted by atomic mass is 15.2. The molecule has 0 amide bonds. The molecule has 2 nitrogen and oxygen atoms in total. The normalized spacial score (nSPS) is 16.9. The second-order valence-corrected chi connectivity index (χ2v) is 14.7. The van der Waals surface area contributed by atoms with E-state index < -0.39 is 0 Å². The van der Waals surface area contributed by atoms with Crippen LogP contribution in [0.3, 0.4) is 0 Å². The molecule has 53 heavy (non-hydrogen) atoms. The number of hydrogen-bond acceptors (Lipinski definition) is 2. The van der Waals surface area contributed by atoms with Crippen molar-refractivity contribution in [3.8, 4) is 11.1 Å². The Morgan fingerprint density at radius 1 is 0.396 bits per heavy atom. The standard InChI is InChI=1S/C51H40N2/c1-35-22-29-44-45-30-23-36(2)33-49(45)51(48(44)32-35)47-21-13-12-20-43(47)46-31-28-42(34-50(46)51)53(39-18-10-5-11-19-39)41-26-24-40(25-27-41)52(37-14-6-3-7-15-37)38-16-8-4-9-17-38/h3-34,43,47H,1-2H3. The maximum atomic E-state index is 2.51. The summed E-state index contributed by atoms with van der Waals surface area (Å²) < 4.78 is 0. The molecule has 0 saturated carbocycles. The SMILES string of the molecule is Cc1ccc2c(c1)C1(c3cc(C)ccc3-2)c2cc(N(c3ccccc3)c3ccc(N(c4ccccc4)c4ccccc4)cc3)ccc2C2C=CC=CC21. The van der Waals surface area contributed by atoms with Crippen LogP contribution >= 0.6 is 0 Å². The second kappa shape index (κ2) is 12.4. The van der Waals surface area contributed by atoms with Crippen LogP contribution in [0.25, 0.3) is 11.1 Å². The van der Waals surface area contributed by atoms with Gasteiger partial charge in [0, 0.05) is 46.0 Å². The Bertz CT molecular complexity index is 2440. The van der Waals surface area contributed by atoms with Crippen LogP contribution in [-0.4, -0.2) is 0 Å². The summed E-state index contributed by atoms with van der Waals surface area (Å²) in [7, 11) is 0. The quantitative estimate of drug-likeness (QED) is 0.172. The number of anilines is 6. The van der Waals surface area contributed by atoms with Gasteiger partial charge in [0.05, 0.1) is 5.41 Å². The largest absolute Gasteiger partial charge is 0.311 e. The first-order chi connectivity index (χ1) is 26.1. The number of para-hydroxylation sites is 3. The Kier molecular flexibility index (Phi) is 7.33. The molecule has 7 aromatic carbocycles. The van der Waals surface area contributed by atoms with Crippen molar-refractivity contribution in [3.63, 3.8) is 0 Å². The summed E-state index contributed by atoms with van der Waals surface area (Å²) in [6.45, 7) is 4.47. The van der Waals surface area contributed by atoms with Crippen LogP contribution < -0.4 is 9.80 Å². The van der Waals surface area contributed by atoms with Gasteiger partial charge in [-0.1, -0.05) is 132 Å². The van der Waals surface area contributed by atoms with E-state index in [4.69, 9.17) is 0 Å². The predicted molar refractivity (Wildman–Crippen MR) is 222 cm³/mol. The van der Waals surface area contributed by atoms with E-state index in [9.17, 15) is 0 Å². The van der Waals surface area contributed by atoms with Crippen LogP contribution in [0, 0.1) is 19.8 Å². The molecule has 3 aliphatic rings. The van der Waals surface area contributed by atoms with Gasteiger partial charge in [0.25, 0.3) is 0 Å². The van der Waals surface area contributed by atoms with Crippen molar-refractivity contribution in [1.29, 1.82) is 0 Å². The van der Waals surface area contributed by atoms with E-state index in [1.165, 1.54) is 44.5 Å². The summed E-state index contributed by atoms with van der Waals surface area (Å²) in [5.41, 5.74) is 17.5. The fourth-order valence-electron chi connectivity index (χ4n) is 9.42. The molecule has 0 fully saturated rings. The topological polar surface area (TPSA) is 6.48 Å². The van der Waals surface area contributed by atoms with Gasteiger partial charge in [-0.2, -0.15) is 0 Å². The van der Waals surface area contributed by atoms with Gasteiger partial charge < -0.3 is 9.80 Å². The van der Waals surface area contributed by atoms with E-state index in [1.807, 2.05) is 0 Å². The van der Waals surface area contributed by atoms with Gasteiger partial charge in [-0.25, -0.2) is 0 Å². The maximum absolute atomic E-state index is 2.51. The number of hydrogen-bond donors (Lipinski definition) is 0. The predicted octanol–water partition coefficient (Wildman–Crippen LogP) is 13.4. The fraction of sp³-hybridized carbons (Fsp3) is 0.0980. The van der Waals surface area contributed by atoms with Crippen molar-refractivity contribution in [3.05, 3.63) is 228 Å². The van der Waals surface area contributed by atoms with Gasteiger partial charge in [-0.15, -0.1) is 0 Å². The zero-order valence-electron chi connectivity index (χ0n) is 30.0. The average Bonchev–Trinajstić information content (AvgIpc) is 3.66. The lowest BCUT2D eigenvalue weighted by Gasteiger charge is -2.37. The lowest BCUT2D eigenvalue weighted by Crippen LogP contribution is -2.33. The van der Waals surface area contributed by atoms with Crippen LogP contribution in [0.2, 0.25) is 0 Å². The Morgan fingerprint density at radius 3 is 1.34 bits per heavy atom. The molecule has 3 aliphatic carbocycles. The third-order valence-electron chi connectivity index (χ3n) is 11.6. The molecule has 2 heteroatoms. The summed E-state index contributed by atoms with van der Waals surface area (Å²) in [4.78, 5) is 4.74.